The third-order valence-corrected chi connectivity index (χ3v) is 3.75. The van der Waals surface area contributed by atoms with E-state index >= 15 is 0 Å². The number of nitrogens with zero attached hydrogens (tertiary/aromatic N) is 1. The SMILES string of the molecule is CC(O)CC(C)(C)CNC(c1ccccc1)c1ccccn1. The zero-order valence-electron chi connectivity index (χ0n) is 13.7. The number of nitrogens with one attached hydrogen (secondary N) is 1. The number of aliphatic hydroxyl groups is 1. The molecular formula is C19H26N2O. The molecule has 2 atom stereocenters. The molecule has 2 aromatic rings. The molecule has 2 rings (SSSR count). The first kappa shape index (κ1) is 16.7. The van der Waals surface area contributed by atoms with Crippen molar-refractivity contribution >= 4 is 0 Å². The second-order valence-corrected chi connectivity index (χ2v) is 6.70. The molecule has 2 N–H and O–H groups in total. The molecule has 1 aromatic heterocycles. The lowest BCUT2D eigenvalue weighted by atomic mass is 9.86. The summed E-state index contributed by atoms with van der Waals surface area (Å²) in [7, 11) is 0. The van der Waals surface area contributed by atoms with Gasteiger partial charge in [0.15, 0.2) is 0 Å². The predicted molar refractivity (Wildman–Crippen MR) is 90.6 cm³/mol. The molecule has 0 aliphatic carbocycles. The summed E-state index contributed by atoms with van der Waals surface area (Å²) in [5, 5.41) is 13.3. The first-order chi connectivity index (χ1) is 10.5. The van der Waals surface area contributed by atoms with Crippen LogP contribution < -0.4 is 5.32 Å². The van der Waals surface area contributed by atoms with Crippen LogP contribution in [0.15, 0.2) is 54.7 Å². The number of hydrogen-bond acceptors (Lipinski definition) is 3. The Bertz CT molecular complexity index is 513. The van der Waals surface area contributed by atoms with Gasteiger partial charge in [-0.2, -0.15) is 0 Å². The highest BCUT2D eigenvalue weighted by Gasteiger charge is 2.23. The second-order valence-electron chi connectivity index (χ2n) is 6.70. The summed E-state index contributed by atoms with van der Waals surface area (Å²) in [6.45, 7) is 7.00. The number of aromatic nitrogens is 1. The molecule has 1 aromatic carbocycles. The van der Waals surface area contributed by atoms with E-state index in [9.17, 15) is 5.11 Å². The van der Waals surface area contributed by atoms with Crippen molar-refractivity contribution in [3.05, 3.63) is 66.0 Å². The minimum absolute atomic E-state index is 0.0238. The summed E-state index contributed by atoms with van der Waals surface area (Å²) >= 11 is 0. The van der Waals surface area contributed by atoms with E-state index in [-0.39, 0.29) is 17.6 Å². The standard InChI is InChI=1S/C19H26N2O/c1-15(22)13-19(2,3)14-21-18(16-9-5-4-6-10-16)17-11-7-8-12-20-17/h4-12,15,18,21-22H,13-14H2,1-3H3. The fourth-order valence-corrected chi connectivity index (χ4v) is 2.84. The number of hydrogen-bond donors (Lipinski definition) is 2. The van der Waals surface area contributed by atoms with Crippen molar-refractivity contribution in [2.45, 2.75) is 39.3 Å². The maximum Gasteiger partial charge on any atom is 0.0751 e. The van der Waals surface area contributed by atoms with E-state index in [0.29, 0.717) is 0 Å². The second kappa shape index (κ2) is 7.52. The smallest absolute Gasteiger partial charge is 0.0751 e. The van der Waals surface area contributed by atoms with E-state index in [4.69, 9.17) is 0 Å². The van der Waals surface area contributed by atoms with Crippen LogP contribution in [0.2, 0.25) is 0 Å². The Morgan fingerprint density at radius 2 is 1.77 bits per heavy atom. The molecule has 22 heavy (non-hydrogen) atoms. The van der Waals surface area contributed by atoms with Crippen molar-refractivity contribution in [1.82, 2.24) is 10.3 Å². The summed E-state index contributed by atoms with van der Waals surface area (Å²) in [5.74, 6) is 0. The zero-order valence-corrected chi connectivity index (χ0v) is 13.7. The first-order valence-corrected chi connectivity index (χ1v) is 7.85. The van der Waals surface area contributed by atoms with Gasteiger partial charge < -0.3 is 10.4 Å². The largest absolute Gasteiger partial charge is 0.393 e. The Balaban J connectivity index is 2.16. The Hall–Kier alpha value is -1.71. The molecule has 1 heterocycles. The maximum absolute atomic E-state index is 9.65. The van der Waals surface area contributed by atoms with Crippen LogP contribution >= 0.6 is 0 Å². The van der Waals surface area contributed by atoms with Crippen LogP contribution in [0.25, 0.3) is 0 Å². The highest BCUT2D eigenvalue weighted by molar-refractivity contribution is 5.27. The van der Waals surface area contributed by atoms with Gasteiger partial charge in [-0.3, -0.25) is 4.98 Å². The summed E-state index contributed by atoms with van der Waals surface area (Å²) in [5.41, 5.74) is 2.24. The van der Waals surface area contributed by atoms with Gasteiger partial charge in [0.1, 0.15) is 0 Å². The van der Waals surface area contributed by atoms with E-state index in [1.807, 2.05) is 49.5 Å². The van der Waals surface area contributed by atoms with Gasteiger partial charge in [0, 0.05) is 12.7 Å². The molecular weight excluding hydrogens is 272 g/mol. The molecule has 0 fully saturated rings. The summed E-state index contributed by atoms with van der Waals surface area (Å²) in [6.07, 6.45) is 2.30. The number of benzene rings is 1. The third kappa shape index (κ3) is 4.93. The van der Waals surface area contributed by atoms with Crippen molar-refractivity contribution in [2.75, 3.05) is 6.54 Å². The van der Waals surface area contributed by atoms with Crippen LogP contribution in [0.3, 0.4) is 0 Å². The number of rotatable bonds is 7. The van der Waals surface area contributed by atoms with Gasteiger partial charge in [0.05, 0.1) is 17.8 Å². The van der Waals surface area contributed by atoms with Crippen LogP contribution in [0.4, 0.5) is 0 Å². The van der Waals surface area contributed by atoms with E-state index in [1.54, 1.807) is 0 Å². The van der Waals surface area contributed by atoms with Gasteiger partial charge >= 0.3 is 0 Å². The average Bonchev–Trinajstić information content (AvgIpc) is 2.48. The Morgan fingerprint density at radius 1 is 1.09 bits per heavy atom. The topological polar surface area (TPSA) is 45.1 Å². The molecule has 118 valence electrons. The molecule has 0 aliphatic heterocycles. The number of aliphatic hydroxyl groups excluding tert-OH is 1. The minimum atomic E-state index is -0.290. The van der Waals surface area contributed by atoms with Gasteiger partial charge in [-0.05, 0) is 36.5 Å². The van der Waals surface area contributed by atoms with Crippen LogP contribution in [-0.2, 0) is 0 Å². The summed E-state index contributed by atoms with van der Waals surface area (Å²) in [4.78, 5) is 4.51. The molecule has 0 saturated heterocycles. The first-order valence-electron chi connectivity index (χ1n) is 7.85. The summed E-state index contributed by atoms with van der Waals surface area (Å²) in [6, 6.07) is 16.4. The van der Waals surface area contributed by atoms with E-state index < -0.39 is 0 Å². The Labute approximate surface area is 133 Å². The molecule has 0 amide bonds. The van der Waals surface area contributed by atoms with Gasteiger partial charge in [0.2, 0.25) is 0 Å². The van der Waals surface area contributed by atoms with Crippen LogP contribution in [0.5, 0.6) is 0 Å². The van der Waals surface area contributed by atoms with Gasteiger partial charge in [-0.25, -0.2) is 0 Å². The maximum atomic E-state index is 9.65. The van der Waals surface area contributed by atoms with Crippen molar-refractivity contribution in [3.8, 4) is 0 Å². The van der Waals surface area contributed by atoms with Crippen LogP contribution in [0.1, 0.15) is 44.5 Å². The van der Waals surface area contributed by atoms with Crippen molar-refractivity contribution < 1.29 is 5.11 Å². The lowest BCUT2D eigenvalue weighted by Crippen LogP contribution is -2.35. The fraction of sp³-hybridized carbons (Fsp3) is 0.421. The van der Waals surface area contributed by atoms with Crippen molar-refractivity contribution in [1.29, 1.82) is 0 Å². The normalized spacial score (nSPS) is 14.5. The Morgan fingerprint density at radius 3 is 2.36 bits per heavy atom. The Kier molecular flexibility index (Phi) is 5.69. The molecule has 0 aliphatic rings. The highest BCUT2D eigenvalue weighted by atomic mass is 16.3. The predicted octanol–water partition coefficient (Wildman–Crippen LogP) is 3.56. The number of pyridine rings is 1. The van der Waals surface area contributed by atoms with Gasteiger partial charge in [-0.15, -0.1) is 0 Å². The van der Waals surface area contributed by atoms with E-state index in [1.165, 1.54) is 5.56 Å². The highest BCUT2D eigenvalue weighted by Crippen LogP contribution is 2.25. The van der Waals surface area contributed by atoms with Crippen LogP contribution in [0, 0.1) is 5.41 Å². The van der Waals surface area contributed by atoms with Crippen LogP contribution in [-0.4, -0.2) is 22.7 Å². The molecule has 0 spiro atoms. The zero-order chi connectivity index (χ0) is 16.0. The molecule has 0 saturated carbocycles. The fourth-order valence-electron chi connectivity index (χ4n) is 2.84. The minimum Gasteiger partial charge on any atom is -0.393 e. The molecule has 0 bridgehead atoms. The molecule has 3 nitrogen and oxygen atoms in total. The quantitative estimate of drug-likeness (QED) is 0.821. The lowest BCUT2D eigenvalue weighted by Gasteiger charge is -2.29. The van der Waals surface area contributed by atoms with Gasteiger partial charge in [-0.1, -0.05) is 50.2 Å². The molecule has 2 unspecified atom stereocenters. The van der Waals surface area contributed by atoms with E-state index in [0.717, 1.165) is 18.7 Å². The monoisotopic (exact) mass is 298 g/mol. The van der Waals surface area contributed by atoms with Crippen molar-refractivity contribution in [2.24, 2.45) is 5.41 Å². The van der Waals surface area contributed by atoms with E-state index in [2.05, 4.69) is 36.3 Å². The third-order valence-electron chi connectivity index (χ3n) is 3.75. The summed E-state index contributed by atoms with van der Waals surface area (Å²) < 4.78 is 0. The molecule has 0 radical (unpaired) electrons. The molecule has 3 heteroatoms. The lowest BCUT2D eigenvalue weighted by molar-refractivity contribution is 0.127. The average molecular weight is 298 g/mol. The van der Waals surface area contributed by atoms with Crippen molar-refractivity contribution in [3.63, 3.8) is 0 Å². The van der Waals surface area contributed by atoms with Gasteiger partial charge in [0.25, 0.3) is 0 Å².